The van der Waals surface area contributed by atoms with Gasteiger partial charge in [-0.05, 0) is 25.1 Å². The minimum absolute atomic E-state index is 0. The lowest BCUT2D eigenvalue weighted by Crippen LogP contribution is -3.00. The van der Waals surface area contributed by atoms with Crippen molar-refractivity contribution < 1.29 is 31.6 Å². The van der Waals surface area contributed by atoms with Crippen molar-refractivity contribution in [1.82, 2.24) is 5.10 Å². The zero-order valence-corrected chi connectivity index (χ0v) is 15.5. The van der Waals surface area contributed by atoms with Crippen LogP contribution in [-0.2, 0) is 11.3 Å². The van der Waals surface area contributed by atoms with Gasteiger partial charge in [0, 0.05) is 22.5 Å². The van der Waals surface area contributed by atoms with Gasteiger partial charge in [0.25, 0.3) is 0 Å². The summed E-state index contributed by atoms with van der Waals surface area (Å²) in [7, 11) is 0. The Morgan fingerprint density at radius 1 is 1.12 bits per heavy atom. The van der Waals surface area contributed by atoms with Gasteiger partial charge < -0.3 is 27.8 Å². The maximum atomic E-state index is 10.8. The van der Waals surface area contributed by atoms with Crippen molar-refractivity contribution in [2.75, 3.05) is 5.73 Å². The number of anilines is 1. The van der Waals surface area contributed by atoms with Gasteiger partial charge in [0.1, 0.15) is 0 Å². The molecule has 2 aromatic carbocycles. The quantitative estimate of drug-likeness (QED) is 0.587. The van der Waals surface area contributed by atoms with Crippen LogP contribution in [0.2, 0.25) is 0 Å². The first kappa shape index (κ1) is 18.9. The van der Waals surface area contributed by atoms with Crippen LogP contribution in [0.5, 0.6) is 0 Å². The minimum Gasteiger partial charge on any atom is -1.00 e. The molecular weight excluding hydrogens is 382 g/mol. The second kappa shape index (κ2) is 8.07. The normalized spacial score (nSPS) is 10.4. The van der Waals surface area contributed by atoms with Crippen LogP contribution in [-0.4, -0.2) is 16.2 Å². The third-order valence-corrected chi connectivity index (χ3v) is 4.03. The number of fused-ring (bicyclic) bond motifs is 1. The second-order valence-corrected chi connectivity index (χ2v) is 5.87. The van der Waals surface area contributed by atoms with Crippen LogP contribution in [0.15, 0.2) is 48.5 Å². The topological polar surface area (TPSA) is 80.1 Å². The lowest BCUT2D eigenvalue weighted by Gasteiger charge is -2.08. The molecule has 0 saturated carbocycles. The van der Waals surface area contributed by atoms with Gasteiger partial charge in [0.05, 0.1) is 11.8 Å². The van der Waals surface area contributed by atoms with E-state index in [-0.39, 0.29) is 23.4 Å². The highest BCUT2D eigenvalue weighted by atomic mass is 79.9. The number of carboxylic acids is 1. The van der Waals surface area contributed by atoms with E-state index in [2.05, 4.69) is 29.4 Å². The molecule has 0 aliphatic heterocycles. The van der Waals surface area contributed by atoms with E-state index in [4.69, 9.17) is 10.8 Å². The van der Waals surface area contributed by atoms with E-state index in [1.54, 1.807) is 0 Å². The van der Waals surface area contributed by atoms with E-state index >= 15 is 0 Å². The molecule has 0 aliphatic rings. The van der Waals surface area contributed by atoms with E-state index in [1.165, 1.54) is 5.56 Å². The molecule has 25 heavy (non-hydrogen) atoms. The molecule has 0 saturated heterocycles. The third-order valence-electron chi connectivity index (χ3n) is 4.03. The van der Waals surface area contributed by atoms with E-state index < -0.39 is 5.97 Å². The summed E-state index contributed by atoms with van der Waals surface area (Å²) < 4.78 is 1.82. The van der Waals surface area contributed by atoms with Crippen molar-refractivity contribution in [1.29, 1.82) is 0 Å². The molecule has 0 atom stereocenters. The number of nitrogens with two attached hydrogens (primary N) is 1. The first-order valence-electron chi connectivity index (χ1n) is 7.93. The standard InChI is InChI=1S/C19H19N3O2.BrH/c1-13-8-10-14(11-9-13)18-15-5-2-3-6-16(15)19(20)21-22(18)12-4-7-17(23)24;/h2-3,5-6,8-11H,4,7,12H2,1H3,(H2-,20,21,23,24);1H. The lowest BCUT2D eigenvalue weighted by molar-refractivity contribution is -0.741. The van der Waals surface area contributed by atoms with Crippen LogP contribution < -0.4 is 27.4 Å². The molecule has 3 aromatic rings. The van der Waals surface area contributed by atoms with Gasteiger partial charge in [-0.2, -0.15) is 0 Å². The number of hydrogen-bond donors (Lipinski definition) is 2. The monoisotopic (exact) mass is 401 g/mol. The number of aliphatic carboxylic acids is 1. The fraction of sp³-hybridized carbons (Fsp3) is 0.211. The number of rotatable bonds is 5. The zero-order valence-electron chi connectivity index (χ0n) is 13.9. The predicted molar refractivity (Wildman–Crippen MR) is 93.4 cm³/mol. The molecule has 6 heteroatoms. The van der Waals surface area contributed by atoms with Gasteiger partial charge in [-0.15, -0.1) is 0 Å². The number of halogens is 1. The van der Waals surface area contributed by atoms with Crippen molar-refractivity contribution in [2.45, 2.75) is 26.3 Å². The van der Waals surface area contributed by atoms with Crippen molar-refractivity contribution in [3.8, 4) is 11.3 Å². The van der Waals surface area contributed by atoms with Crippen molar-refractivity contribution in [3.05, 3.63) is 54.1 Å². The fourth-order valence-corrected chi connectivity index (χ4v) is 2.84. The van der Waals surface area contributed by atoms with Crippen LogP contribution in [0.4, 0.5) is 5.82 Å². The van der Waals surface area contributed by atoms with Gasteiger partial charge in [-0.1, -0.05) is 40.6 Å². The van der Waals surface area contributed by atoms with Crippen molar-refractivity contribution in [2.24, 2.45) is 0 Å². The van der Waals surface area contributed by atoms with Crippen molar-refractivity contribution in [3.63, 3.8) is 0 Å². The fourth-order valence-electron chi connectivity index (χ4n) is 2.84. The summed E-state index contributed by atoms with van der Waals surface area (Å²) in [5, 5.41) is 15.3. The molecule has 0 spiro atoms. The number of benzene rings is 2. The summed E-state index contributed by atoms with van der Waals surface area (Å²) in [6.45, 7) is 2.55. The summed E-state index contributed by atoms with van der Waals surface area (Å²) >= 11 is 0. The van der Waals surface area contributed by atoms with Crippen molar-refractivity contribution >= 4 is 22.6 Å². The van der Waals surface area contributed by atoms with Gasteiger partial charge >= 0.3 is 5.97 Å². The Hall–Kier alpha value is -2.47. The van der Waals surface area contributed by atoms with E-state index in [0.29, 0.717) is 18.8 Å². The summed E-state index contributed by atoms with van der Waals surface area (Å²) in [5.41, 5.74) is 9.30. The average Bonchev–Trinajstić information content (AvgIpc) is 2.56. The summed E-state index contributed by atoms with van der Waals surface area (Å²) in [4.78, 5) is 10.8. The Morgan fingerprint density at radius 3 is 2.40 bits per heavy atom. The number of nitrogen functional groups attached to an aromatic ring is 1. The van der Waals surface area contributed by atoms with E-state index in [9.17, 15) is 4.79 Å². The van der Waals surface area contributed by atoms with E-state index in [0.717, 1.165) is 22.0 Å². The number of carboxylic acid groups (broad SMARTS) is 1. The Balaban J connectivity index is 0.00000225. The molecule has 1 heterocycles. The zero-order chi connectivity index (χ0) is 17.1. The number of carbonyl (C=O) groups is 1. The number of aromatic nitrogens is 2. The Labute approximate surface area is 156 Å². The van der Waals surface area contributed by atoms with Gasteiger partial charge in [-0.3, -0.25) is 4.79 Å². The van der Waals surface area contributed by atoms with Gasteiger partial charge in [0.15, 0.2) is 12.4 Å². The molecule has 0 bridgehead atoms. The maximum absolute atomic E-state index is 10.8. The largest absolute Gasteiger partial charge is 1.00 e. The first-order valence-corrected chi connectivity index (χ1v) is 7.93. The molecule has 0 amide bonds. The average molecular weight is 402 g/mol. The van der Waals surface area contributed by atoms with Crippen LogP contribution in [0, 0.1) is 6.92 Å². The molecule has 1 aromatic heterocycles. The van der Waals surface area contributed by atoms with Crippen LogP contribution >= 0.6 is 0 Å². The third kappa shape index (κ3) is 4.14. The molecule has 0 aliphatic carbocycles. The molecular formula is C19H20BrN3O2. The lowest BCUT2D eigenvalue weighted by atomic mass is 10.0. The molecule has 0 unspecified atom stereocenters. The van der Waals surface area contributed by atoms with Crippen LogP contribution in [0.3, 0.4) is 0 Å². The van der Waals surface area contributed by atoms with Crippen LogP contribution in [0.1, 0.15) is 18.4 Å². The smallest absolute Gasteiger partial charge is 0.303 e. The number of aryl methyl sites for hydroxylation is 2. The molecule has 0 fully saturated rings. The Bertz CT molecular complexity index is 895. The number of nitrogens with zero attached hydrogens (tertiary/aromatic N) is 2. The summed E-state index contributed by atoms with van der Waals surface area (Å²) in [6, 6.07) is 16.1. The predicted octanol–water partition coefficient (Wildman–Crippen LogP) is -0.0513. The first-order chi connectivity index (χ1) is 11.6. The molecule has 130 valence electrons. The van der Waals surface area contributed by atoms with Crippen LogP contribution in [0.25, 0.3) is 22.0 Å². The highest BCUT2D eigenvalue weighted by molar-refractivity contribution is 5.98. The number of hydrogen-bond acceptors (Lipinski definition) is 3. The van der Waals surface area contributed by atoms with E-state index in [1.807, 2.05) is 35.9 Å². The summed E-state index contributed by atoms with van der Waals surface area (Å²) in [5.74, 6) is -0.349. The van der Waals surface area contributed by atoms with Gasteiger partial charge in [-0.25, -0.2) is 0 Å². The SMILES string of the molecule is Cc1ccc(-c2c3ccccc3c(N)n[n+]2CCCC(=O)O)cc1.[Br-]. The molecule has 0 radical (unpaired) electrons. The Kier molecular flexibility index (Phi) is 6.09. The molecule has 5 nitrogen and oxygen atoms in total. The highest BCUT2D eigenvalue weighted by Crippen LogP contribution is 2.27. The summed E-state index contributed by atoms with van der Waals surface area (Å²) in [6.07, 6.45) is 0.610. The molecule has 3 rings (SSSR count). The molecule has 3 N–H and O–H groups in total. The Morgan fingerprint density at radius 2 is 1.76 bits per heavy atom. The minimum atomic E-state index is -0.804. The highest BCUT2D eigenvalue weighted by Gasteiger charge is 2.21. The van der Waals surface area contributed by atoms with Gasteiger partial charge in [0.2, 0.25) is 5.69 Å². The second-order valence-electron chi connectivity index (χ2n) is 5.87. The maximum Gasteiger partial charge on any atom is 0.303 e.